The molecule has 0 radical (unpaired) electrons. The molecule has 0 aromatic heterocycles. The number of benzene rings is 2. The van der Waals surface area contributed by atoms with Gasteiger partial charge in [-0.3, -0.25) is 0 Å². The van der Waals surface area contributed by atoms with Crippen LogP contribution in [0.2, 0.25) is 0 Å². The predicted molar refractivity (Wildman–Crippen MR) is 87.4 cm³/mol. The maximum atomic E-state index is 5.23. The van der Waals surface area contributed by atoms with Crippen LogP contribution in [0.3, 0.4) is 0 Å². The first kappa shape index (κ1) is 13.3. The van der Waals surface area contributed by atoms with Crippen molar-refractivity contribution in [3.63, 3.8) is 0 Å². The fourth-order valence-corrected chi connectivity index (χ4v) is 2.98. The Kier molecular flexibility index (Phi) is 3.83. The van der Waals surface area contributed by atoms with E-state index in [1.54, 1.807) is 7.11 Å². The Morgan fingerprint density at radius 3 is 1.80 bits per heavy atom. The van der Waals surface area contributed by atoms with Crippen molar-refractivity contribution < 1.29 is 4.74 Å². The van der Waals surface area contributed by atoms with E-state index in [0.29, 0.717) is 0 Å². The van der Waals surface area contributed by atoms with E-state index in [1.807, 2.05) is 12.1 Å². The number of methoxy groups -OCH3 is 1. The average Bonchev–Trinajstić information content (AvgIpc) is 2.97. The van der Waals surface area contributed by atoms with Crippen molar-refractivity contribution in [2.24, 2.45) is 0 Å². The van der Waals surface area contributed by atoms with Gasteiger partial charge in [-0.2, -0.15) is 0 Å². The second kappa shape index (κ2) is 5.76. The lowest BCUT2D eigenvalue weighted by atomic mass is 9.97. The van der Waals surface area contributed by atoms with Crippen LogP contribution in [-0.4, -0.2) is 7.11 Å². The van der Waals surface area contributed by atoms with E-state index in [2.05, 4.69) is 49.0 Å². The lowest BCUT2D eigenvalue weighted by Crippen LogP contribution is -1.87. The molecule has 0 aliphatic heterocycles. The number of thiol groups is 1. The molecule has 0 fully saturated rings. The molecule has 2 aromatic rings. The van der Waals surface area contributed by atoms with Crippen LogP contribution in [0.25, 0.3) is 11.1 Å². The van der Waals surface area contributed by atoms with Crippen LogP contribution in [0, 0.1) is 0 Å². The standard InChI is InChI=1S/C18H18OS/c1-19-15-9-5-13(6-10-15)17-3-2-4-18(17)14-7-11-16(20)12-8-14/h5-12,20H,2-4H2,1H3. The number of rotatable bonds is 3. The van der Waals surface area contributed by atoms with E-state index in [-0.39, 0.29) is 0 Å². The molecule has 1 nitrogen and oxygen atoms in total. The molecule has 0 saturated heterocycles. The summed E-state index contributed by atoms with van der Waals surface area (Å²) in [6.07, 6.45) is 3.55. The first-order valence-corrected chi connectivity index (χ1v) is 7.38. The SMILES string of the molecule is COc1ccc(C2=C(c3ccc(S)cc3)CCC2)cc1. The number of ether oxygens (including phenoxy) is 1. The predicted octanol–water partition coefficient (Wildman–Crippen LogP) is 5.08. The first-order valence-electron chi connectivity index (χ1n) is 6.94. The van der Waals surface area contributed by atoms with Crippen LogP contribution in [0.4, 0.5) is 0 Å². The van der Waals surface area contributed by atoms with E-state index in [4.69, 9.17) is 4.74 Å². The van der Waals surface area contributed by atoms with E-state index >= 15 is 0 Å². The van der Waals surface area contributed by atoms with E-state index in [1.165, 1.54) is 28.7 Å². The first-order chi connectivity index (χ1) is 9.78. The van der Waals surface area contributed by atoms with Crippen molar-refractivity contribution in [3.8, 4) is 5.75 Å². The molecule has 0 saturated carbocycles. The summed E-state index contributed by atoms with van der Waals surface area (Å²) < 4.78 is 5.23. The summed E-state index contributed by atoms with van der Waals surface area (Å²) >= 11 is 4.36. The van der Waals surface area contributed by atoms with Crippen LogP contribution in [0.5, 0.6) is 5.75 Å². The summed E-state index contributed by atoms with van der Waals surface area (Å²) in [5.74, 6) is 0.910. The molecule has 2 heteroatoms. The van der Waals surface area contributed by atoms with Gasteiger partial charge in [-0.05, 0) is 65.8 Å². The molecule has 0 N–H and O–H groups in total. The van der Waals surface area contributed by atoms with Gasteiger partial charge in [0, 0.05) is 4.90 Å². The minimum atomic E-state index is 0.910. The highest BCUT2D eigenvalue weighted by atomic mass is 32.1. The van der Waals surface area contributed by atoms with Gasteiger partial charge < -0.3 is 4.74 Å². The third kappa shape index (κ3) is 2.61. The zero-order valence-electron chi connectivity index (χ0n) is 11.6. The maximum absolute atomic E-state index is 5.23. The van der Waals surface area contributed by atoms with Crippen molar-refractivity contribution in [2.75, 3.05) is 7.11 Å². The molecule has 1 aliphatic carbocycles. The summed E-state index contributed by atoms with van der Waals surface area (Å²) in [7, 11) is 1.70. The molecular weight excluding hydrogens is 264 g/mol. The molecular formula is C18H18OS. The Hall–Kier alpha value is -1.67. The van der Waals surface area contributed by atoms with Gasteiger partial charge in [0.1, 0.15) is 5.75 Å². The summed E-state index contributed by atoms with van der Waals surface area (Å²) in [5, 5.41) is 0. The van der Waals surface area contributed by atoms with Gasteiger partial charge in [-0.15, -0.1) is 12.6 Å². The molecule has 102 valence electrons. The van der Waals surface area contributed by atoms with E-state index in [0.717, 1.165) is 23.5 Å². The lowest BCUT2D eigenvalue weighted by molar-refractivity contribution is 0.415. The zero-order chi connectivity index (χ0) is 13.9. The lowest BCUT2D eigenvalue weighted by Gasteiger charge is -2.09. The molecule has 0 atom stereocenters. The summed E-state index contributed by atoms with van der Waals surface area (Å²) in [6.45, 7) is 0. The van der Waals surface area contributed by atoms with Crippen molar-refractivity contribution >= 4 is 23.8 Å². The second-order valence-corrected chi connectivity index (χ2v) is 5.60. The summed E-state index contributed by atoms with van der Waals surface area (Å²) in [6, 6.07) is 16.9. The van der Waals surface area contributed by atoms with Crippen molar-refractivity contribution in [1.82, 2.24) is 0 Å². The zero-order valence-corrected chi connectivity index (χ0v) is 12.5. The topological polar surface area (TPSA) is 9.23 Å². The monoisotopic (exact) mass is 282 g/mol. The minimum Gasteiger partial charge on any atom is -0.497 e. The third-order valence-corrected chi connectivity index (χ3v) is 4.17. The van der Waals surface area contributed by atoms with Gasteiger partial charge in [0.15, 0.2) is 0 Å². The van der Waals surface area contributed by atoms with Gasteiger partial charge >= 0.3 is 0 Å². The summed E-state index contributed by atoms with van der Waals surface area (Å²) in [5.41, 5.74) is 5.59. The van der Waals surface area contributed by atoms with Gasteiger partial charge in [-0.1, -0.05) is 24.3 Å². The highest BCUT2D eigenvalue weighted by Crippen LogP contribution is 2.40. The molecule has 3 rings (SSSR count). The molecule has 1 aliphatic rings. The average molecular weight is 282 g/mol. The quantitative estimate of drug-likeness (QED) is 0.772. The molecule has 0 heterocycles. The summed E-state index contributed by atoms with van der Waals surface area (Å²) in [4.78, 5) is 1.01. The van der Waals surface area contributed by atoms with Crippen LogP contribution in [-0.2, 0) is 0 Å². The Labute approximate surface area is 125 Å². The minimum absolute atomic E-state index is 0.910. The third-order valence-electron chi connectivity index (χ3n) is 3.87. The van der Waals surface area contributed by atoms with Crippen LogP contribution >= 0.6 is 12.6 Å². The molecule has 0 unspecified atom stereocenters. The Balaban J connectivity index is 2.00. The van der Waals surface area contributed by atoms with Crippen molar-refractivity contribution in [2.45, 2.75) is 24.2 Å². The van der Waals surface area contributed by atoms with Crippen molar-refractivity contribution in [3.05, 3.63) is 59.7 Å². The van der Waals surface area contributed by atoms with Crippen LogP contribution < -0.4 is 4.74 Å². The van der Waals surface area contributed by atoms with E-state index in [9.17, 15) is 0 Å². The second-order valence-electron chi connectivity index (χ2n) is 5.09. The molecule has 2 aromatic carbocycles. The maximum Gasteiger partial charge on any atom is 0.118 e. The normalized spacial score (nSPS) is 14.7. The molecule has 0 amide bonds. The Bertz CT molecular complexity index is 623. The van der Waals surface area contributed by atoms with Gasteiger partial charge in [0.25, 0.3) is 0 Å². The smallest absolute Gasteiger partial charge is 0.118 e. The number of hydrogen-bond donors (Lipinski definition) is 1. The number of allylic oxidation sites excluding steroid dienone is 2. The molecule has 0 spiro atoms. The van der Waals surface area contributed by atoms with E-state index < -0.39 is 0 Å². The largest absolute Gasteiger partial charge is 0.497 e. The van der Waals surface area contributed by atoms with Gasteiger partial charge in [0.05, 0.1) is 7.11 Å². The highest BCUT2D eigenvalue weighted by molar-refractivity contribution is 7.80. The molecule has 0 bridgehead atoms. The highest BCUT2D eigenvalue weighted by Gasteiger charge is 2.17. The fraction of sp³-hybridized carbons (Fsp3) is 0.222. The number of hydrogen-bond acceptors (Lipinski definition) is 2. The van der Waals surface area contributed by atoms with Crippen molar-refractivity contribution in [1.29, 1.82) is 0 Å². The van der Waals surface area contributed by atoms with Gasteiger partial charge in [-0.25, -0.2) is 0 Å². The molecule has 20 heavy (non-hydrogen) atoms. The van der Waals surface area contributed by atoms with Crippen LogP contribution in [0.15, 0.2) is 53.4 Å². The van der Waals surface area contributed by atoms with Crippen LogP contribution in [0.1, 0.15) is 30.4 Å². The Morgan fingerprint density at radius 2 is 1.30 bits per heavy atom. The fourth-order valence-electron chi connectivity index (χ4n) is 2.84. The Morgan fingerprint density at radius 1 is 0.800 bits per heavy atom. The van der Waals surface area contributed by atoms with Gasteiger partial charge in [0.2, 0.25) is 0 Å².